The quantitative estimate of drug-likeness (QED) is 0.257. The largest absolute Gasteiger partial charge is 0.467 e. The van der Waals surface area contributed by atoms with Gasteiger partial charge in [-0.05, 0) is 80.9 Å². The maximum Gasteiger partial charge on any atom is 0.322 e. The molecule has 0 aliphatic heterocycles. The number of urea groups is 1. The molecule has 1 N–H and O–H groups in total. The number of benzene rings is 3. The number of carbonyl (C=O) groups is 1. The molecule has 5 aromatic rings. The molecule has 3 aromatic carbocycles. The topological polar surface area (TPSA) is 80.4 Å². The highest BCUT2D eigenvalue weighted by molar-refractivity contribution is 6.31. The van der Waals surface area contributed by atoms with Crippen LogP contribution >= 0.6 is 11.6 Å². The normalized spacial score (nSPS) is 11.9. The third-order valence-corrected chi connectivity index (χ3v) is 6.66. The summed E-state index contributed by atoms with van der Waals surface area (Å²) >= 11 is 6.25. The number of aryl methyl sites for hydroxylation is 2. The molecule has 0 fully saturated rings. The van der Waals surface area contributed by atoms with Gasteiger partial charge in [-0.3, -0.25) is 9.36 Å². The fraction of sp³-hybridized carbons (Fsp3) is 0.167. The molecule has 2 heterocycles. The third kappa shape index (κ3) is 5.19. The van der Waals surface area contributed by atoms with E-state index in [1.165, 1.54) is 0 Å². The second kappa shape index (κ2) is 10.6. The highest BCUT2D eigenvalue weighted by atomic mass is 35.5. The predicted molar refractivity (Wildman–Crippen MR) is 150 cm³/mol. The Labute approximate surface area is 225 Å². The molecule has 5 rings (SSSR count). The number of furan rings is 1. The van der Waals surface area contributed by atoms with Crippen LogP contribution in [0, 0.1) is 13.8 Å². The van der Waals surface area contributed by atoms with Gasteiger partial charge in [-0.1, -0.05) is 41.4 Å². The van der Waals surface area contributed by atoms with E-state index in [1.54, 1.807) is 46.1 Å². The number of halogens is 1. The number of amides is 2. The molecule has 1 unspecified atom stereocenters. The molecule has 0 saturated carbocycles. The smallest absolute Gasteiger partial charge is 0.322 e. The Balaban J connectivity index is 1.65. The SMILES string of the molecule is Cc1ccc(-n2c(C(C)N(Cc3ccco3)C(=O)Nc3cccc(C)c3)nc3cc(Cl)ccc3c2=O)cc1. The molecule has 192 valence electrons. The molecular weight excluding hydrogens is 500 g/mol. The van der Waals surface area contributed by atoms with Crippen LogP contribution in [0.2, 0.25) is 5.02 Å². The van der Waals surface area contributed by atoms with Gasteiger partial charge in [0.25, 0.3) is 5.56 Å². The van der Waals surface area contributed by atoms with Crippen molar-refractivity contribution in [3.8, 4) is 5.69 Å². The molecule has 0 aliphatic carbocycles. The van der Waals surface area contributed by atoms with Crippen LogP contribution < -0.4 is 10.9 Å². The molecule has 7 nitrogen and oxygen atoms in total. The van der Waals surface area contributed by atoms with Gasteiger partial charge in [0.1, 0.15) is 11.6 Å². The standard InChI is InChI=1S/C30H27ClN4O3/c1-19-9-12-24(13-10-19)35-28(33-27-17-22(31)11-14-26(27)29(35)36)21(3)34(18-25-8-5-15-38-25)30(37)32-23-7-4-6-20(2)16-23/h4-17,21H,18H2,1-3H3,(H,32,37). The number of fused-ring (bicyclic) bond motifs is 1. The second-order valence-corrected chi connectivity index (χ2v) is 9.73. The number of aromatic nitrogens is 2. The van der Waals surface area contributed by atoms with Crippen molar-refractivity contribution in [2.24, 2.45) is 0 Å². The first-order chi connectivity index (χ1) is 18.3. The van der Waals surface area contributed by atoms with Crippen LogP contribution in [0.5, 0.6) is 0 Å². The number of anilines is 1. The zero-order valence-electron chi connectivity index (χ0n) is 21.3. The van der Waals surface area contributed by atoms with E-state index in [9.17, 15) is 9.59 Å². The van der Waals surface area contributed by atoms with Crippen LogP contribution in [0.3, 0.4) is 0 Å². The molecule has 0 saturated heterocycles. The van der Waals surface area contributed by atoms with Crippen molar-refractivity contribution in [1.82, 2.24) is 14.5 Å². The monoisotopic (exact) mass is 526 g/mol. The summed E-state index contributed by atoms with van der Waals surface area (Å²) < 4.78 is 7.14. The third-order valence-electron chi connectivity index (χ3n) is 6.43. The van der Waals surface area contributed by atoms with Gasteiger partial charge in [0.05, 0.1) is 35.4 Å². The fourth-order valence-electron chi connectivity index (χ4n) is 4.41. The van der Waals surface area contributed by atoms with Gasteiger partial charge in [0.15, 0.2) is 0 Å². The van der Waals surface area contributed by atoms with E-state index in [0.29, 0.717) is 38.9 Å². The van der Waals surface area contributed by atoms with Crippen molar-refractivity contribution in [2.75, 3.05) is 5.32 Å². The van der Waals surface area contributed by atoms with E-state index in [0.717, 1.165) is 11.1 Å². The van der Waals surface area contributed by atoms with E-state index in [2.05, 4.69) is 5.32 Å². The van der Waals surface area contributed by atoms with Crippen LogP contribution in [-0.2, 0) is 6.54 Å². The molecule has 0 spiro atoms. The molecule has 2 aromatic heterocycles. The van der Waals surface area contributed by atoms with Gasteiger partial charge in [-0.2, -0.15) is 0 Å². The summed E-state index contributed by atoms with van der Waals surface area (Å²) in [6.45, 7) is 5.96. The zero-order chi connectivity index (χ0) is 26.8. The van der Waals surface area contributed by atoms with Gasteiger partial charge >= 0.3 is 6.03 Å². The number of hydrogen-bond acceptors (Lipinski definition) is 4. The van der Waals surface area contributed by atoms with Crippen LogP contribution in [0.15, 0.2) is 94.3 Å². The minimum absolute atomic E-state index is 0.170. The van der Waals surface area contributed by atoms with Crippen molar-refractivity contribution in [3.63, 3.8) is 0 Å². The summed E-state index contributed by atoms with van der Waals surface area (Å²) in [4.78, 5) is 34.0. The second-order valence-electron chi connectivity index (χ2n) is 9.29. The summed E-state index contributed by atoms with van der Waals surface area (Å²) in [6, 6.07) is 22.8. The lowest BCUT2D eigenvalue weighted by Crippen LogP contribution is -2.39. The number of carbonyl (C=O) groups excluding carboxylic acids is 1. The van der Waals surface area contributed by atoms with Crippen molar-refractivity contribution in [2.45, 2.75) is 33.4 Å². The van der Waals surface area contributed by atoms with Crippen molar-refractivity contribution < 1.29 is 9.21 Å². The Bertz CT molecular complexity index is 1660. The number of nitrogens with zero attached hydrogens (tertiary/aromatic N) is 3. The number of rotatable bonds is 6. The molecule has 0 bridgehead atoms. The van der Waals surface area contributed by atoms with Gasteiger partial charge < -0.3 is 14.6 Å². The van der Waals surface area contributed by atoms with Crippen LogP contribution in [0.4, 0.5) is 10.5 Å². The summed E-state index contributed by atoms with van der Waals surface area (Å²) in [5, 5.41) is 3.89. The lowest BCUT2D eigenvalue weighted by atomic mass is 10.1. The van der Waals surface area contributed by atoms with E-state index in [-0.39, 0.29) is 18.1 Å². The van der Waals surface area contributed by atoms with E-state index in [1.807, 2.05) is 69.3 Å². The number of hydrogen-bond donors (Lipinski definition) is 1. The molecule has 1 atom stereocenters. The molecule has 0 radical (unpaired) electrons. The molecular formula is C30H27ClN4O3. The van der Waals surface area contributed by atoms with Gasteiger partial charge in [-0.15, -0.1) is 0 Å². The van der Waals surface area contributed by atoms with E-state index in [4.69, 9.17) is 21.0 Å². The molecule has 38 heavy (non-hydrogen) atoms. The Kier molecular flexibility index (Phi) is 7.03. The Morgan fingerprint density at radius 2 is 1.82 bits per heavy atom. The first kappa shape index (κ1) is 25.3. The average molecular weight is 527 g/mol. The van der Waals surface area contributed by atoms with Gasteiger partial charge in [0.2, 0.25) is 0 Å². The zero-order valence-corrected chi connectivity index (χ0v) is 22.1. The van der Waals surface area contributed by atoms with Crippen LogP contribution in [-0.4, -0.2) is 20.5 Å². The lowest BCUT2D eigenvalue weighted by molar-refractivity contribution is 0.179. The maximum atomic E-state index is 13.8. The summed E-state index contributed by atoms with van der Waals surface area (Å²) in [5.41, 5.74) is 3.63. The van der Waals surface area contributed by atoms with Crippen LogP contribution in [0.25, 0.3) is 16.6 Å². The summed E-state index contributed by atoms with van der Waals surface area (Å²) in [7, 11) is 0. The lowest BCUT2D eigenvalue weighted by Gasteiger charge is -2.30. The van der Waals surface area contributed by atoms with Gasteiger partial charge in [-0.25, -0.2) is 9.78 Å². The predicted octanol–water partition coefficient (Wildman–Crippen LogP) is 7.04. The van der Waals surface area contributed by atoms with E-state index >= 15 is 0 Å². The minimum atomic E-state index is -0.623. The van der Waals surface area contributed by atoms with Crippen molar-refractivity contribution in [3.05, 3.63) is 123 Å². The average Bonchev–Trinajstić information content (AvgIpc) is 3.41. The molecule has 2 amide bonds. The molecule has 8 heteroatoms. The first-order valence-corrected chi connectivity index (χ1v) is 12.6. The van der Waals surface area contributed by atoms with Crippen molar-refractivity contribution in [1.29, 1.82) is 0 Å². The Morgan fingerprint density at radius 3 is 2.53 bits per heavy atom. The summed E-state index contributed by atoms with van der Waals surface area (Å²) in [6.07, 6.45) is 1.56. The minimum Gasteiger partial charge on any atom is -0.467 e. The van der Waals surface area contributed by atoms with Crippen LogP contribution in [0.1, 0.15) is 35.7 Å². The summed E-state index contributed by atoms with van der Waals surface area (Å²) in [5.74, 6) is 1.00. The fourth-order valence-corrected chi connectivity index (χ4v) is 4.58. The maximum absolute atomic E-state index is 13.8. The Hall–Kier alpha value is -4.36. The van der Waals surface area contributed by atoms with E-state index < -0.39 is 6.04 Å². The molecule has 0 aliphatic rings. The number of nitrogens with one attached hydrogen (secondary N) is 1. The first-order valence-electron chi connectivity index (χ1n) is 12.3. The highest BCUT2D eigenvalue weighted by Crippen LogP contribution is 2.27. The van der Waals surface area contributed by atoms with Crippen molar-refractivity contribution >= 4 is 34.2 Å². The van der Waals surface area contributed by atoms with Gasteiger partial charge in [0, 0.05) is 10.7 Å². The Morgan fingerprint density at radius 1 is 1.03 bits per heavy atom. The highest BCUT2D eigenvalue weighted by Gasteiger charge is 2.28.